The number of rotatable bonds is 5. The molecule has 0 fully saturated rings. The maximum absolute atomic E-state index is 12.4. The number of pyridine rings is 1. The summed E-state index contributed by atoms with van der Waals surface area (Å²) in [4.78, 5) is 25.7. The van der Waals surface area contributed by atoms with Gasteiger partial charge in [0.1, 0.15) is 5.65 Å². The topological polar surface area (TPSA) is 96.6 Å². The summed E-state index contributed by atoms with van der Waals surface area (Å²) in [5, 5.41) is 7.09. The van der Waals surface area contributed by atoms with Gasteiger partial charge >= 0.3 is 0 Å². The van der Waals surface area contributed by atoms with Crippen LogP contribution in [0, 0.1) is 5.92 Å². The number of fused-ring (bicyclic) bond motifs is 1. The Balaban J connectivity index is 1.36. The van der Waals surface area contributed by atoms with Crippen molar-refractivity contribution in [3.63, 3.8) is 0 Å². The number of Topliss-reactive ketones (excluding diaryl/α,β-unsaturated/α-hetero) is 1. The summed E-state index contributed by atoms with van der Waals surface area (Å²) in [6.07, 6.45) is 7.10. The Morgan fingerprint density at radius 2 is 2.00 bits per heavy atom. The van der Waals surface area contributed by atoms with Gasteiger partial charge in [-0.05, 0) is 42.5 Å². The zero-order valence-electron chi connectivity index (χ0n) is 15.4. The quantitative estimate of drug-likeness (QED) is 0.515. The Morgan fingerprint density at radius 1 is 1.10 bits per heavy atom. The highest BCUT2D eigenvalue weighted by molar-refractivity contribution is 6.07. The van der Waals surface area contributed by atoms with Crippen LogP contribution in [0.25, 0.3) is 17.0 Å². The van der Waals surface area contributed by atoms with E-state index in [9.17, 15) is 4.79 Å². The summed E-state index contributed by atoms with van der Waals surface area (Å²) in [6.45, 7) is 0.544. The molecule has 1 atom stereocenters. The summed E-state index contributed by atoms with van der Waals surface area (Å²) >= 11 is 0. The number of anilines is 2. The van der Waals surface area contributed by atoms with Crippen molar-refractivity contribution in [3.05, 3.63) is 72.7 Å². The highest BCUT2D eigenvalue weighted by atomic mass is 16.1. The average molecular weight is 383 g/mol. The van der Waals surface area contributed by atoms with E-state index in [4.69, 9.17) is 0 Å². The normalized spacial score (nSPS) is 15.4. The molecule has 2 N–H and O–H groups in total. The first kappa shape index (κ1) is 17.1. The van der Waals surface area contributed by atoms with Crippen molar-refractivity contribution in [2.75, 3.05) is 11.9 Å². The number of nitrogens with zero attached hydrogens (tertiary/aromatic N) is 5. The van der Waals surface area contributed by atoms with Gasteiger partial charge in [-0.25, -0.2) is 15.0 Å². The first-order chi connectivity index (χ1) is 14.3. The number of carbonyl (C=O) groups excluding carboxylic acids is 1. The Kier molecular flexibility index (Phi) is 4.21. The SMILES string of the molecule is O=C(c1ccc(Nc2nccc(-c3cnc4ccccn34)n2)cc1)C1C=NNC1. The number of nitrogens with one attached hydrogen (secondary N) is 2. The fourth-order valence-electron chi connectivity index (χ4n) is 3.25. The molecule has 0 spiro atoms. The Morgan fingerprint density at radius 3 is 2.83 bits per heavy atom. The molecule has 5 rings (SSSR count). The van der Waals surface area contributed by atoms with E-state index >= 15 is 0 Å². The molecule has 0 saturated carbocycles. The third-order valence-electron chi connectivity index (χ3n) is 4.75. The third-order valence-corrected chi connectivity index (χ3v) is 4.75. The maximum Gasteiger partial charge on any atom is 0.227 e. The number of ketones is 1. The summed E-state index contributed by atoms with van der Waals surface area (Å²) in [5.74, 6) is 0.315. The van der Waals surface area contributed by atoms with Gasteiger partial charge in [0.2, 0.25) is 5.95 Å². The molecule has 29 heavy (non-hydrogen) atoms. The molecule has 0 saturated heterocycles. The van der Waals surface area contributed by atoms with Gasteiger partial charge in [0.15, 0.2) is 5.78 Å². The molecule has 0 bridgehead atoms. The van der Waals surface area contributed by atoms with Crippen molar-refractivity contribution >= 4 is 29.3 Å². The van der Waals surface area contributed by atoms with Crippen LogP contribution in [-0.2, 0) is 0 Å². The summed E-state index contributed by atoms with van der Waals surface area (Å²) < 4.78 is 1.98. The summed E-state index contributed by atoms with van der Waals surface area (Å²) in [7, 11) is 0. The molecule has 1 aliphatic rings. The first-order valence-corrected chi connectivity index (χ1v) is 9.21. The Hall–Kier alpha value is -4.07. The van der Waals surface area contributed by atoms with E-state index in [2.05, 4.69) is 30.8 Å². The van der Waals surface area contributed by atoms with E-state index in [1.807, 2.05) is 47.0 Å². The molecule has 4 heterocycles. The number of aromatic nitrogens is 4. The fourth-order valence-corrected chi connectivity index (χ4v) is 3.25. The lowest BCUT2D eigenvalue weighted by molar-refractivity contribution is 0.0960. The van der Waals surface area contributed by atoms with E-state index in [0.717, 1.165) is 22.7 Å². The monoisotopic (exact) mass is 383 g/mol. The molecule has 1 unspecified atom stereocenters. The van der Waals surface area contributed by atoms with Crippen LogP contribution in [-0.4, -0.2) is 37.9 Å². The van der Waals surface area contributed by atoms with Crippen molar-refractivity contribution < 1.29 is 4.79 Å². The lowest BCUT2D eigenvalue weighted by atomic mass is 9.99. The minimum atomic E-state index is -0.209. The second-order valence-corrected chi connectivity index (χ2v) is 6.65. The second kappa shape index (κ2) is 7.16. The second-order valence-electron chi connectivity index (χ2n) is 6.65. The molecule has 0 amide bonds. The average Bonchev–Trinajstić information content (AvgIpc) is 3.44. The number of hydrazone groups is 1. The standard InChI is InChI=1S/C21H17N7O/c29-20(15-11-24-25-12-15)14-4-6-16(7-5-14)26-21-22-9-8-17(27-21)18-13-23-19-3-1-2-10-28(18)19/h1-11,13,15,25H,12H2,(H,22,26,27). The van der Waals surface area contributed by atoms with E-state index in [0.29, 0.717) is 18.1 Å². The van der Waals surface area contributed by atoms with Crippen molar-refractivity contribution in [3.8, 4) is 11.4 Å². The van der Waals surface area contributed by atoms with Crippen LogP contribution >= 0.6 is 0 Å². The van der Waals surface area contributed by atoms with Crippen LogP contribution in [0.2, 0.25) is 0 Å². The maximum atomic E-state index is 12.4. The first-order valence-electron chi connectivity index (χ1n) is 9.21. The van der Waals surface area contributed by atoms with E-state index in [1.165, 1.54) is 0 Å². The molecule has 1 aliphatic heterocycles. The van der Waals surface area contributed by atoms with E-state index in [1.54, 1.807) is 30.7 Å². The molecule has 1 aromatic carbocycles. The number of carbonyl (C=O) groups is 1. The lowest BCUT2D eigenvalue weighted by Gasteiger charge is -2.08. The highest BCUT2D eigenvalue weighted by Crippen LogP contribution is 2.21. The van der Waals surface area contributed by atoms with Crippen molar-refractivity contribution in [1.82, 2.24) is 24.8 Å². The third kappa shape index (κ3) is 3.31. The van der Waals surface area contributed by atoms with Gasteiger partial charge in [-0.3, -0.25) is 9.20 Å². The fraction of sp³-hybridized carbons (Fsp3) is 0.0952. The summed E-state index contributed by atoms with van der Waals surface area (Å²) in [6, 6.07) is 15.0. The van der Waals surface area contributed by atoms with Gasteiger partial charge in [-0.15, -0.1) is 0 Å². The van der Waals surface area contributed by atoms with Crippen LogP contribution < -0.4 is 10.7 Å². The van der Waals surface area contributed by atoms with Crippen LogP contribution in [0.15, 0.2) is 72.2 Å². The highest BCUT2D eigenvalue weighted by Gasteiger charge is 2.20. The van der Waals surface area contributed by atoms with Crippen LogP contribution in [0.4, 0.5) is 11.6 Å². The number of imidazole rings is 1. The van der Waals surface area contributed by atoms with Gasteiger partial charge < -0.3 is 10.7 Å². The summed E-state index contributed by atoms with van der Waals surface area (Å²) in [5.41, 5.74) is 6.77. The predicted molar refractivity (Wildman–Crippen MR) is 110 cm³/mol. The minimum absolute atomic E-state index is 0.0520. The molecular weight excluding hydrogens is 366 g/mol. The lowest BCUT2D eigenvalue weighted by Crippen LogP contribution is -2.20. The van der Waals surface area contributed by atoms with Crippen LogP contribution in [0.5, 0.6) is 0 Å². The largest absolute Gasteiger partial charge is 0.324 e. The van der Waals surface area contributed by atoms with Gasteiger partial charge in [0.05, 0.1) is 23.5 Å². The zero-order valence-corrected chi connectivity index (χ0v) is 15.4. The smallest absolute Gasteiger partial charge is 0.227 e. The van der Waals surface area contributed by atoms with Crippen molar-refractivity contribution in [1.29, 1.82) is 0 Å². The molecule has 4 aromatic rings. The molecular formula is C21H17N7O. The van der Waals surface area contributed by atoms with Crippen molar-refractivity contribution in [2.45, 2.75) is 0 Å². The minimum Gasteiger partial charge on any atom is -0.324 e. The van der Waals surface area contributed by atoms with Crippen LogP contribution in [0.1, 0.15) is 10.4 Å². The van der Waals surface area contributed by atoms with Gasteiger partial charge in [-0.1, -0.05) is 6.07 Å². The molecule has 0 aliphatic carbocycles. The van der Waals surface area contributed by atoms with Gasteiger partial charge in [-0.2, -0.15) is 5.10 Å². The molecule has 0 radical (unpaired) electrons. The Labute approximate surface area is 166 Å². The van der Waals surface area contributed by atoms with Crippen molar-refractivity contribution in [2.24, 2.45) is 11.0 Å². The molecule has 8 heteroatoms. The Bertz CT molecular complexity index is 1210. The van der Waals surface area contributed by atoms with E-state index < -0.39 is 0 Å². The number of hydrogen-bond donors (Lipinski definition) is 2. The predicted octanol–water partition coefficient (Wildman–Crippen LogP) is 2.92. The zero-order chi connectivity index (χ0) is 19.6. The number of benzene rings is 1. The van der Waals surface area contributed by atoms with E-state index in [-0.39, 0.29) is 11.7 Å². The molecule has 142 valence electrons. The molecule has 8 nitrogen and oxygen atoms in total. The molecule has 3 aromatic heterocycles. The van der Waals surface area contributed by atoms with Gasteiger partial charge in [0.25, 0.3) is 0 Å². The number of hydrogen-bond acceptors (Lipinski definition) is 7. The van der Waals surface area contributed by atoms with Gasteiger partial charge in [0, 0.05) is 36.4 Å². The van der Waals surface area contributed by atoms with Crippen LogP contribution in [0.3, 0.4) is 0 Å².